The highest BCUT2D eigenvalue weighted by Crippen LogP contribution is 2.23. The maximum atomic E-state index is 5.94. The summed E-state index contributed by atoms with van der Waals surface area (Å²) in [6.45, 7) is 1.63. The Kier molecular flexibility index (Phi) is 5.06. The molecule has 1 aromatic heterocycles. The molecule has 1 aromatic carbocycles. The van der Waals surface area contributed by atoms with Crippen molar-refractivity contribution in [3.63, 3.8) is 0 Å². The number of aromatic nitrogens is 1. The number of fused-ring (bicyclic) bond motifs is 1. The molecule has 2 aromatic rings. The van der Waals surface area contributed by atoms with Gasteiger partial charge in [0.25, 0.3) is 0 Å². The lowest BCUT2D eigenvalue weighted by molar-refractivity contribution is 0.303. The van der Waals surface area contributed by atoms with Crippen LogP contribution in [0.4, 0.5) is 0 Å². The van der Waals surface area contributed by atoms with Gasteiger partial charge in [0.05, 0.1) is 5.52 Å². The van der Waals surface area contributed by atoms with E-state index in [2.05, 4.69) is 16.4 Å². The molecular formula is C18H24N2O. The van der Waals surface area contributed by atoms with Gasteiger partial charge in [0, 0.05) is 24.2 Å². The topological polar surface area (TPSA) is 34.1 Å². The third kappa shape index (κ3) is 3.94. The van der Waals surface area contributed by atoms with Crippen LogP contribution in [0.25, 0.3) is 10.9 Å². The Balaban J connectivity index is 1.50. The van der Waals surface area contributed by atoms with E-state index in [4.69, 9.17) is 4.74 Å². The van der Waals surface area contributed by atoms with Crippen molar-refractivity contribution in [2.45, 2.75) is 44.6 Å². The first-order valence-electron chi connectivity index (χ1n) is 8.13. The molecule has 0 atom stereocenters. The number of hydrogen-bond donors (Lipinski definition) is 1. The molecule has 1 aliphatic rings. The highest BCUT2D eigenvalue weighted by Gasteiger charge is 2.11. The number of hydrogen-bond acceptors (Lipinski definition) is 3. The maximum absolute atomic E-state index is 5.94. The van der Waals surface area contributed by atoms with Crippen LogP contribution in [-0.4, -0.2) is 24.2 Å². The van der Waals surface area contributed by atoms with Crippen molar-refractivity contribution in [2.75, 3.05) is 13.2 Å². The standard InChI is InChI=1S/C18H24N2O/c1-2-4-8-15(7-3-1)19-13-14-21-18-11-5-10-17-16(18)9-6-12-20-17/h5-6,9-12,15,19H,1-4,7-8,13-14H2. The number of ether oxygens (including phenoxy) is 1. The molecule has 0 saturated heterocycles. The lowest BCUT2D eigenvalue weighted by Crippen LogP contribution is -2.32. The minimum absolute atomic E-state index is 0.685. The fourth-order valence-electron chi connectivity index (χ4n) is 3.11. The third-order valence-corrected chi connectivity index (χ3v) is 4.25. The molecule has 1 fully saturated rings. The van der Waals surface area contributed by atoms with Crippen LogP contribution in [0.3, 0.4) is 0 Å². The summed E-state index contributed by atoms with van der Waals surface area (Å²) < 4.78 is 5.94. The van der Waals surface area contributed by atoms with Gasteiger partial charge >= 0.3 is 0 Å². The summed E-state index contributed by atoms with van der Waals surface area (Å²) in [4.78, 5) is 4.36. The number of benzene rings is 1. The summed E-state index contributed by atoms with van der Waals surface area (Å²) in [7, 11) is 0. The fraction of sp³-hybridized carbons (Fsp3) is 0.500. The second-order valence-corrected chi connectivity index (χ2v) is 5.82. The summed E-state index contributed by atoms with van der Waals surface area (Å²) in [5, 5.41) is 4.73. The van der Waals surface area contributed by atoms with Crippen molar-refractivity contribution in [3.8, 4) is 5.75 Å². The first kappa shape index (κ1) is 14.3. The Morgan fingerprint density at radius 3 is 2.76 bits per heavy atom. The van der Waals surface area contributed by atoms with Gasteiger partial charge in [-0.1, -0.05) is 31.7 Å². The average molecular weight is 284 g/mol. The first-order valence-corrected chi connectivity index (χ1v) is 8.13. The zero-order valence-electron chi connectivity index (χ0n) is 12.6. The monoisotopic (exact) mass is 284 g/mol. The van der Waals surface area contributed by atoms with Gasteiger partial charge in [-0.2, -0.15) is 0 Å². The molecule has 3 heteroatoms. The van der Waals surface area contributed by atoms with Crippen LogP contribution < -0.4 is 10.1 Å². The van der Waals surface area contributed by atoms with Gasteiger partial charge in [-0.05, 0) is 37.1 Å². The van der Waals surface area contributed by atoms with Crippen molar-refractivity contribution in [2.24, 2.45) is 0 Å². The van der Waals surface area contributed by atoms with E-state index in [-0.39, 0.29) is 0 Å². The fourth-order valence-corrected chi connectivity index (χ4v) is 3.11. The van der Waals surface area contributed by atoms with Crippen molar-refractivity contribution >= 4 is 10.9 Å². The molecule has 0 radical (unpaired) electrons. The number of nitrogens with zero attached hydrogens (tertiary/aromatic N) is 1. The van der Waals surface area contributed by atoms with Crippen molar-refractivity contribution in [3.05, 3.63) is 36.5 Å². The van der Waals surface area contributed by atoms with Crippen LogP contribution in [-0.2, 0) is 0 Å². The Bertz CT molecular complexity index is 557. The van der Waals surface area contributed by atoms with Gasteiger partial charge in [0.2, 0.25) is 0 Å². The minimum atomic E-state index is 0.685. The molecule has 3 rings (SSSR count). The predicted molar refractivity (Wildman–Crippen MR) is 86.7 cm³/mol. The van der Waals surface area contributed by atoms with E-state index in [1.165, 1.54) is 38.5 Å². The molecule has 1 N–H and O–H groups in total. The number of nitrogens with one attached hydrogen (secondary N) is 1. The molecule has 0 unspecified atom stereocenters. The molecule has 1 heterocycles. The molecule has 1 saturated carbocycles. The molecule has 0 amide bonds. The SMILES string of the molecule is c1cc(OCCNC2CCCCCC2)c2cccnc2c1. The lowest BCUT2D eigenvalue weighted by atomic mass is 10.1. The van der Waals surface area contributed by atoms with Crippen molar-refractivity contribution in [1.29, 1.82) is 0 Å². The van der Waals surface area contributed by atoms with Crippen LogP contribution in [0.1, 0.15) is 38.5 Å². The highest BCUT2D eigenvalue weighted by atomic mass is 16.5. The zero-order valence-corrected chi connectivity index (χ0v) is 12.6. The van der Waals surface area contributed by atoms with Gasteiger partial charge in [0.15, 0.2) is 0 Å². The number of pyridine rings is 1. The molecule has 0 spiro atoms. The first-order chi connectivity index (χ1) is 10.4. The van der Waals surface area contributed by atoms with Crippen LogP contribution in [0, 0.1) is 0 Å². The van der Waals surface area contributed by atoms with Crippen molar-refractivity contribution < 1.29 is 4.74 Å². The maximum Gasteiger partial charge on any atom is 0.128 e. The molecule has 21 heavy (non-hydrogen) atoms. The summed E-state index contributed by atoms with van der Waals surface area (Å²) in [5.41, 5.74) is 0.992. The van der Waals surface area contributed by atoms with Crippen LogP contribution in [0.15, 0.2) is 36.5 Å². The van der Waals surface area contributed by atoms with Gasteiger partial charge in [-0.15, -0.1) is 0 Å². The summed E-state index contributed by atoms with van der Waals surface area (Å²) in [6, 6.07) is 10.8. The predicted octanol–water partition coefficient (Wildman–Crippen LogP) is 3.93. The van der Waals surface area contributed by atoms with Gasteiger partial charge in [0.1, 0.15) is 12.4 Å². The van der Waals surface area contributed by atoms with E-state index in [1.54, 1.807) is 0 Å². The van der Waals surface area contributed by atoms with Crippen molar-refractivity contribution in [1.82, 2.24) is 10.3 Å². The van der Waals surface area contributed by atoms with Gasteiger partial charge < -0.3 is 10.1 Å². The Morgan fingerprint density at radius 1 is 1.05 bits per heavy atom. The minimum Gasteiger partial charge on any atom is -0.492 e. The van der Waals surface area contributed by atoms with E-state index >= 15 is 0 Å². The lowest BCUT2D eigenvalue weighted by Gasteiger charge is -2.16. The average Bonchev–Trinajstić information content (AvgIpc) is 2.80. The third-order valence-electron chi connectivity index (χ3n) is 4.25. The summed E-state index contributed by atoms with van der Waals surface area (Å²) in [5.74, 6) is 0.934. The van der Waals surface area contributed by atoms with E-state index in [0.717, 1.165) is 23.2 Å². The Hall–Kier alpha value is -1.61. The van der Waals surface area contributed by atoms with Crippen LogP contribution >= 0.6 is 0 Å². The molecular weight excluding hydrogens is 260 g/mol. The van der Waals surface area contributed by atoms with Gasteiger partial charge in [-0.3, -0.25) is 4.98 Å². The molecule has 112 valence electrons. The second-order valence-electron chi connectivity index (χ2n) is 5.82. The molecule has 3 nitrogen and oxygen atoms in total. The largest absolute Gasteiger partial charge is 0.492 e. The summed E-state index contributed by atoms with van der Waals surface area (Å²) >= 11 is 0. The molecule has 0 aliphatic heterocycles. The number of rotatable bonds is 5. The zero-order chi connectivity index (χ0) is 14.3. The van der Waals surface area contributed by atoms with E-state index < -0.39 is 0 Å². The molecule has 1 aliphatic carbocycles. The van der Waals surface area contributed by atoms with E-state index in [9.17, 15) is 0 Å². The smallest absolute Gasteiger partial charge is 0.128 e. The van der Waals surface area contributed by atoms with Crippen LogP contribution in [0.5, 0.6) is 5.75 Å². The summed E-state index contributed by atoms with van der Waals surface area (Å²) in [6.07, 6.45) is 9.99. The molecule has 0 bridgehead atoms. The Morgan fingerprint density at radius 2 is 1.90 bits per heavy atom. The highest BCUT2D eigenvalue weighted by molar-refractivity contribution is 5.84. The van der Waals surface area contributed by atoms with Gasteiger partial charge in [-0.25, -0.2) is 0 Å². The normalized spacial score (nSPS) is 16.8. The van der Waals surface area contributed by atoms with Crippen LogP contribution in [0.2, 0.25) is 0 Å². The second kappa shape index (κ2) is 7.41. The quantitative estimate of drug-likeness (QED) is 0.667. The Labute approximate surface area is 126 Å². The van der Waals surface area contributed by atoms with E-state index in [0.29, 0.717) is 12.6 Å². The van der Waals surface area contributed by atoms with E-state index in [1.807, 2.05) is 30.5 Å².